The van der Waals surface area contributed by atoms with Gasteiger partial charge in [-0.15, -0.1) is 0 Å². The highest BCUT2D eigenvalue weighted by Crippen LogP contribution is 2.17. The number of rotatable bonds is 4. The summed E-state index contributed by atoms with van der Waals surface area (Å²) in [7, 11) is 0. The lowest BCUT2D eigenvalue weighted by Gasteiger charge is -2.03. The van der Waals surface area contributed by atoms with Gasteiger partial charge in [-0.2, -0.15) is 0 Å². The highest BCUT2D eigenvalue weighted by Gasteiger charge is 2.13. The molecule has 4 heteroatoms. The zero-order chi connectivity index (χ0) is 16.4. The molecule has 0 radical (unpaired) electrons. The minimum atomic E-state index is 0.0540. The first-order valence-electron chi connectivity index (χ1n) is 7.70. The van der Waals surface area contributed by atoms with Gasteiger partial charge in [0, 0.05) is 11.6 Å². The number of Topliss-reactive ketones (excluding diaryl/α,β-unsaturated/α-hetero) is 1. The quantitative estimate of drug-likeness (QED) is 0.426. The summed E-state index contributed by atoms with van der Waals surface area (Å²) in [5, 5.41) is 2.20. The van der Waals surface area contributed by atoms with Crippen molar-refractivity contribution in [2.24, 2.45) is 0 Å². The molecule has 24 heavy (non-hydrogen) atoms. The zero-order valence-corrected chi connectivity index (χ0v) is 12.9. The Hall–Kier alpha value is -3.27. The lowest BCUT2D eigenvalue weighted by Crippen LogP contribution is -2.37. The summed E-state index contributed by atoms with van der Waals surface area (Å²) in [6.45, 7) is 0.254. The second kappa shape index (κ2) is 6.08. The Morgan fingerprint density at radius 3 is 2.62 bits per heavy atom. The van der Waals surface area contributed by atoms with Crippen molar-refractivity contribution >= 4 is 16.6 Å². The normalized spacial score (nSPS) is 10.8. The van der Waals surface area contributed by atoms with E-state index in [1.54, 1.807) is 17.2 Å². The van der Waals surface area contributed by atoms with Gasteiger partial charge in [0.2, 0.25) is 11.5 Å². The third-order valence-electron chi connectivity index (χ3n) is 3.94. The molecule has 0 N–H and O–H groups in total. The first-order chi connectivity index (χ1) is 11.8. The lowest BCUT2D eigenvalue weighted by molar-refractivity contribution is -0.686. The van der Waals surface area contributed by atoms with Crippen LogP contribution < -0.4 is 4.57 Å². The van der Waals surface area contributed by atoms with Crippen molar-refractivity contribution in [1.29, 1.82) is 0 Å². The van der Waals surface area contributed by atoms with Crippen LogP contribution in [-0.2, 0) is 6.54 Å². The Kier molecular flexibility index (Phi) is 3.63. The lowest BCUT2D eigenvalue weighted by atomic mass is 10.0. The maximum Gasteiger partial charge on any atom is 0.287 e. The number of aromatic nitrogens is 2. The van der Waals surface area contributed by atoms with Crippen LogP contribution in [0, 0.1) is 0 Å². The second-order valence-electron chi connectivity index (χ2n) is 5.58. The van der Waals surface area contributed by atoms with Gasteiger partial charge in [-0.1, -0.05) is 36.4 Å². The van der Waals surface area contributed by atoms with Crippen LogP contribution in [0.1, 0.15) is 10.4 Å². The van der Waals surface area contributed by atoms with Crippen LogP contribution in [0.2, 0.25) is 0 Å². The number of nitrogens with zero attached hydrogens (tertiary/aromatic N) is 2. The predicted octanol–water partition coefficient (Wildman–Crippen LogP) is 3.67. The van der Waals surface area contributed by atoms with Gasteiger partial charge in [0.05, 0.1) is 12.5 Å². The van der Waals surface area contributed by atoms with Gasteiger partial charge in [0.15, 0.2) is 12.3 Å². The second-order valence-corrected chi connectivity index (χ2v) is 5.58. The molecule has 0 fully saturated rings. The van der Waals surface area contributed by atoms with E-state index in [1.807, 2.05) is 66.9 Å². The molecular formula is C20H15N2O2+. The fourth-order valence-corrected chi connectivity index (χ4v) is 2.67. The van der Waals surface area contributed by atoms with E-state index in [-0.39, 0.29) is 12.3 Å². The van der Waals surface area contributed by atoms with E-state index in [4.69, 9.17) is 4.42 Å². The summed E-state index contributed by atoms with van der Waals surface area (Å²) >= 11 is 0. The topological polar surface area (TPSA) is 47.0 Å². The monoisotopic (exact) mass is 315 g/mol. The Morgan fingerprint density at radius 1 is 1.00 bits per heavy atom. The fraction of sp³-hybridized carbons (Fsp3) is 0.0500. The fourth-order valence-electron chi connectivity index (χ4n) is 2.67. The van der Waals surface area contributed by atoms with E-state index in [2.05, 4.69) is 4.98 Å². The standard InChI is InChI=1S/C20H15N2O2/c23-19(17-8-7-15-4-1-2-5-16(15)12-17)13-22-10-9-18(21-14-22)20-6-3-11-24-20/h1-12,14H,13H2/q+1. The van der Waals surface area contributed by atoms with E-state index < -0.39 is 0 Å². The Labute approximate surface area is 139 Å². The van der Waals surface area contributed by atoms with E-state index in [1.165, 1.54) is 0 Å². The van der Waals surface area contributed by atoms with Gasteiger partial charge in [-0.05, 0) is 34.0 Å². The summed E-state index contributed by atoms with van der Waals surface area (Å²) in [5.41, 5.74) is 1.45. The highest BCUT2D eigenvalue weighted by atomic mass is 16.3. The molecule has 0 saturated carbocycles. The zero-order valence-electron chi connectivity index (χ0n) is 12.9. The molecular weight excluding hydrogens is 300 g/mol. The van der Waals surface area contributed by atoms with Crippen molar-refractivity contribution in [3.8, 4) is 11.5 Å². The van der Waals surface area contributed by atoms with Crippen molar-refractivity contribution in [3.05, 3.63) is 85.0 Å². The van der Waals surface area contributed by atoms with Crippen LogP contribution in [0.4, 0.5) is 0 Å². The van der Waals surface area contributed by atoms with Crippen molar-refractivity contribution in [1.82, 2.24) is 4.98 Å². The molecule has 0 atom stereocenters. The van der Waals surface area contributed by atoms with Gasteiger partial charge < -0.3 is 4.42 Å². The maximum absolute atomic E-state index is 12.5. The van der Waals surface area contributed by atoms with E-state index in [0.29, 0.717) is 11.3 Å². The number of hydrogen-bond acceptors (Lipinski definition) is 3. The number of carbonyl (C=O) groups excluding carboxylic acids is 1. The molecule has 2 aromatic carbocycles. The van der Waals surface area contributed by atoms with Crippen molar-refractivity contribution in [2.45, 2.75) is 6.54 Å². The number of fused-ring (bicyclic) bond motifs is 1. The molecule has 0 unspecified atom stereocenters. The van der Waals surface area contributed by atoms with E-state index >= 15 is 0 Å². The van der Waals surface area contributed by atoms with Crippen LogP contribution in [0.5, 0.6) is 0 Å². The van der Waals surface area contributed by atoms with Gasteiger partial charge in [-0.25, -0.2) is 4.57 Å². The number of ketones is 1. The average Bonchev–Trinajstić information content (AvgIpc) is 3.16. The van der Waals surface area contributed by atoms with Gasteiger partial charge in [0.25, 0.3) is 6.33 Å². The molecule has 0 spiro atoms. The molecule has 4 nitrogen and oxygen atoms in total. The Balaban J connectivity index is 1.54. The molecule has 0 bridgehead atoms. The van der Waals surface area contributed by atoms with Crippen molar-refractivity contribution < 1.29 is 13.8 Å². The van der Waals surface area contributed by atoms with Crippen LogP contribution in [0.3, 0.4) is 0 Å². The van der Waals surface area contributed by atoms with Crippen LogP contribution in [0.25, 0.3) is 22.2 Å². The highest BCUT2D eigenvalue weighted by molar-refractivity contribution is 5.99. The molecule has 0 aliphatic carbocycles. The Bertz CT molecular complexity index is 990. The van der Waals surface area contributed by atoms with Gasteiger partial charge in [-0.3, -0.25) is 4.79 Å². The summed E-state index contributed by atoms with van der Waals surface area (Å²) in [4.78, 5) is 16.8. The molecule has 2 aromatic heterocycles. The summed E-state index contributed by atoms with van der Waals surface area (Å²) < 4.78 is 7.08. The van der Waals surface area contributed by atoms with Crippen LogP contribution >= 0.6 is 0 Å². The molecule has 0 aliphatic heterocycles. The van der Waals surface area contributed by atoms with Gasteiger partial charge in [0.1, 0.15) is 0 Å². The SMILES string of the molecule is O=C(C[n+]1ccc(-c2ccco2)nc1)c1ccc2ccccc2c1. The summed E-state index contributed by atoms with van der Waals surface area (Å²) in [6.07, 6.45) is 5.10. The van der Waals surface area contributed by atoms with E-state index in [0.717, 1.165) is 16.5 Å². The minimum Gasteiger partial charge on any atom is -0.460 e. The number of furan rings is 1. The minimum absolute atomic E-state index is 0.0540. The average molecular weight is 315 g/mol. The molecule has 0 aliphatic rings. The van der Waals surface area contributed by atoms with E-state index in [9.17, 15) is 4.79 Å². The molecule has 4 aromatic rings. The molecule has 2 heterocycles. The third kappa shape index (κ3) is 2.82. The van der Waals surface area contributed by atoms with Crippen LogP contribution in [-0.4, -0.2) is 10.8 Å². The van der Waals surface area contributed by atoms with Crippen LogP contribution in [0.15, 0.2) is 83.9 Å². The number of hydrogen-bond donors (Lipinski definition) is 0. The molecule has 4 rings (SSSR count). The Morgan fingerprint density at radius 2 is 1.88 bits per heavy atom. The molecule has 0 amide bonds. The first kappa shape index (κ1) is 14.3. The third-order valence-corrected chi connectivity index (χ3v) is 3.94. The number of carbonyl (C=O) groups is 1. The summed E-state index contributed by atoms with van der Waals surface area (Å²) in [6, 6.07) is 19.3. The maximum atomic E-state index is 12.5. The largest absolute Gasteiger partial charge is 0.460 e. The first-order valence-corrected chi connectivity index (χ1v) is 7.70. The van der Waals surface area contributed by atoms with Gasteiger partial charge >= 0.3 is 0 Å². The smallest absolute Gasteiger partial charge is 0.287 e. The predicted molar refractivity (Wildman–Crippen MR) is 90.4 cm³/mol. The van der Waals surface area contributed by atoms with Crippen molar-refractivity contribution in [2.75, 3.05) is 0 Å². The molecule has 116 valence electrons. The summed E-state index contributed by atoms with van der Waals surface area (Å²) in [5.74, 6) is 0.765. The molecule has 0 saturated heterocycles. The number of benzene rings is 2. The van der Waals surface area contributed by atoms with Crippen molar-refractivity contribution in [3.63, 3.8) is 0 Å².